The first-order chi connectivity index (χ1) is 24.3. The number of nitrogens with zero attached hydrogens (tertiary/aromatic N) is 1. The summed E-state index contributed by atoms with van der Waals surface area (Å²) in [4.78, 5) is 2.40. The summed E-state index contributed by atoms with van der Waals surface area (Å²) in [5.74, 6) is 0. The van der Waals surface area contributed by atoms with Crippen molar-refractivity contribution in [1.82, 2.24) is 0 Å². The number of furan rings is 1. The predicted molar refractivity (Wildman–Crippen MR) is 210 cm³/mol. The summed E-state index contributed by atoms with van der Waals surface area (Å²) in [5.41, 5.74) is 9.81. The van der Waals surface area contributed by atoms with Crippen molar-refractivity contribution >= 4 is 81.3 Å². The molecule has 0 bridgehead atoms. The van der Waals surface area contributed by atoms with Crippen LogP contribution in [0.1, 0.15) is 0 Å². The molecule has 0 spiro atoms. The van der Waals surface area contributed by atoms with E-state index in [0.29, 0.717) is 0 Å². The molecule has 3 heteroatoms. The molecule has 0 fully saturated rings. The molecule has 10 aromatic rings. The highest BCUT2D eigenvalue weighted by Gasteiger charge is 2.19. The van der Waals surface area contributed by atoms with Crippen molar-refractivity contribution in [2.45, 2.75) is 0 Å². The van der Waals surface area contributed by atoms with Crippen LogP contribution in [0.25, 0.3) is 75.1 Å². The molecular formula is C46H29NOS. The molecule has 0 saturated heterocycles. The fraction of sp³-hybridized carbons (Fsp3) is 0. The van der Waals surface area contributed by atoms with E-state index >= 15 is 0 Å². The van der Waals surface area contributed by atoms with E-state index in [1.165, 1.54) is 42.1 Å². The summed E-state index contributed by atoms with van der Waals surface area (Å²) in [7, 11) is 0. The van der Waals surface area contributed by atoms with Crippen molar-refractivity contribution < 1.29 is 4.42 Å². The van der Waals surface area contributed by atoms with Gasteiger partial charge in [0.15, 0.2) is 0 Å². The van der Waals surface area contributed by atoms with E-state index in [-0.39, 0.29) is 0 Å². The number of para-hydroxylation sites is 2. The molecular weight excluding hydrogens is 615 g/mol. The minimum absolute atomic E-state index is 0.894. The zero-order chi connectivity index (χ0) is 32.3. The highest BCUT2D eigenvalue weighted by atomic mass is 32.1. The van der Waals surface area contributed by atoms with Gasteiger partial charge in [-0.25, -0.2) is 0 Å². The zero-order valence-corrected chi connectivity index (χ0v) is 27.3. The number of hydrogen-bond donors (Lipinski definition) is 0. The average molecular weight is 644 g/mol. The summed E-state index contributed by atoms with van der Waals surface area (Å²) in [6, 6.07) is 63.3. The molecule has 10 rings (SSSR count). The molecule has 2 heterocycles. The Morgan fingerprint density at radius 1 is 0.388 bits per heavy atom. The van der Waals surface area contributed by atoms with E-state index in [4.69, 9.17) is 4.42 Å². The second-order valence-electron chi connectivity index (χ2n) is 12.5. The van der Waals surface area contributed by atoms with Crippen LogP contribution in [0.4, 0.5) is 17.1 Å². The summed E-state index contributed by atoms with van der Waals surface area (Å²) in [5, 5.41) is 7.35. The lowest BCUT2D eigenvalue weighted by molar-refractivity contribution is 0.669. The van der Waals surface area contributed by atoms with Crippen molar-refractivity contribution in [3.8, 4) is 22.3 Å². The molecule has 0 radical (unpaired) electrons. The first kappa shape index (κ1) is 27.9. The van der Waals surface area contributed by atoms with Crippen molar-refractivity contribution in [3.63, 3.8) is 0 Å². The van der Waals surface area contributed by atoms with E-state index in [1.54, 1.807) is 0 Å². The van der Waals surface area contributed by atoms with E-state index in [1.807, 2.05) is 23.5 Å². The lowest BCUT2D eigenvalue weighted by Crippen LogP contribution is -2.11. The average Bonchev–Trinajstić information content (AvgIpc) is 3.73. The van der Waals surface area contributed by atoms with Crippen molar-refractivity contribution in [2.75, 3.05) is 4.90 Å². The van der Waals surface area contributed by atoms with Crippen LogP contribution in [0.5, 0.6) is 0 Å². The van der Waals surface area contributed by atoms with Gasteiger partial charge < -0.3 is 9.32 Å². The van der Waals surface area contributed by atoms with Crippen LogP contribution in [-0.4, -0.2) is 0 Å². The lowest BCUT2D eigenvalue weighted by atomic mass is 9.97. The maximum absolute atomic E-state index is 6.34. The molecule has 0 aliphatic carbocycles. The summed E-state index contributed by atoms with van der Waals surface area (Å²) < 4.78 is 8.93. The Hall–Kier alpha value is -6.16. The van der Waals surface area contributed by atoms with Gasteiger partial charge >= 0.3 is 0 Å². The Bertz CT molecular complexity index is 2840. The van der Waals surface area contributed by atoms with Crippen LogP contribution in [0, 0.1) is 0 Å². The molecule has 2 aromatic heterocycles. The van der Waals surface area contributed by atoms with Gasteiger partial charge in [-0.3, -0.25) is 0 Å². The second-order valence-corrected chi connectivity index (χ2v) is 13.6. The maximum atomic E-state index is 6.34. The first-order valence-electron chi connectivity index (χ1n) is 16.6. The third-order valence-corrected chi connectivity index (χ3v) is 10.8. The summed E-state index contributed by atoms with van der Waals surface area (Å²) in [6.07, 6.45) is 0. The van der Waals surface area contributed by atoms with Gasteiger partial charge in [0.2, 0.25) is 0 Å². The molecule has 0 amide bonds. The van der Waals surface area contributed by atoms with Gasteiger partial charge in [0.25, 0.3) is 0 Å². The quantitative estimate of drug-likeness (QED) is 0.186. The lowest BCUT2D eigenvalue weighted by Gasteiger charge is -2.28. The number of thiophene rings is 1. The topological polar surface area (TPSA) is 16.4 Å². The minimum atomic E-state index is 0.894. The van der Waals surface area contributed by atoms with Gasteiger partial charge in [-0.1, -0.05) is 115 Å². The minimum Gasteiger partial charge on any atom is -0.456 e. The van der Waals surface area contributed by atoms with Crippen LogP contribution in [-0.2, 0) is 0 Å². The van der Waals surface area contributed by atoms with Crippen molar-refractivity contribution in [3.05, 3.63) is 176 Å². The molecule has 0 aliphatic heterocycles. The molecule has 0 unspecified atom stereocenters. The van der Waals surface area contributed by atoms with Gasteiger partial charge in [0.1, 0.15) is 11.2 Å². The van der Waals surface area contributed by atoms with Crippen LogP contribution < -0.4 is 4.90 Å². The van der Waals surface area contributed by atoms with Gasteiger partial charge in [0.05, 0.1) is 5.69 Å². The van der Waals surface area contributed by atoms with E-state index in [2.05, 4.69) is 169 Å². The van der Waals surface area contributed by atoms with Gasteiger partial charge in [-0.2, -0.15) is 0 Å². The molecule has 0 saturated carbocycles. The third-order valence-electron chi connectivity index (χ3n) is 9.68. The summed E-state index contributed by atoms with van der Waals surface area (Å²) in [6.45, 7) is 0. The Kier molecular flexibility index (Phi) is 6.39. The van der Waals surface area contributed by atoms with Gasteiger partial charge in [-0.05, 0) is 88.1 Å². The fourth-order valence-electron chi connectivity index (χ4n) is 7.35. The molecule has 8 aromatic carbocycles. The molecule has 0 N–H and O–H groups in total. The first-order valence-corrected chi connectivity index (χ1v) is 17.4. The standard InChI is InChI=1S/C46H29NOS/c1-2-12-35-30(10-1)11-9-16-36(35)31-20-23-33(24-21-31)47(34-25-27-46-41(29-34)40-15-5-8-19-45(40)49-46)42-17-6-3-13-37(42)32-22-26-39-38-14-4-7-18-43(38)48-44(39)28-32/h1-29H. The van der Waals surface area contributed by atoms with Crippen LogP contribution >= 0.6 is 11.3 Å². The number of benzene rings is 8. The monoisotopic (exact) mass is 643 g/mol. The Morgan fingerprint density at radius 3 is 1.96 bits per heavy atom. The molecule has 2 nitrogen and oxygen atoms in total. The Labute approximate surface area is 287 Å². The van der Waals surface area contributed by atoms with Gasteiger partial charge in [0, 0.05) is 47.9 Å². The van der Waals surface area contributed by atoms with Crippen molar-refractivity contribution in [2.24, 2.45) is 0 Å². The molecule has 49 heavy (non-hydrogen) atoms. The van der Waals surface area contributed by atoms with Gasteiger partial charge in [-0.15, -0.1) is 11.3 Å². The highest BCUT2D eigenvalue weighted by Crippen LogP contribution is 2.45. The van der Waals surface area contributed by atoms with Crippen LogP contribution in [0.15, 0.2) is 180 Å². The van der Waals surface area contributed by atoms with E-state index < -0.39 is 0 Å². The number of fused-ring (bicyclic) bond motifs is 7. The van der Waals surface area contributed by atoms with E-state index in [0.717, 1.165) is 50.1 Å². The number of hydrogen-bond acceptors (Lipinski definition) is 3. The Balaban J connectivity index is 1.16. The predicted octanol–water partition coefficient (Wildman–Crippen LogP) is 13.9. The number of anilines is 3. The molecule has 0 atom stereocenters. The SMILES string of the molecule is c1ccc(N(c2ccc(-c3cccc4ccccc34)cc2)c2ccc3sc4ccccc4c3c2)c(-c2ccc3c(c2)oc2ccccc23)c1. The van der Waals surface area contributed by atoms with Crippen LogP contribution in [0.3, 0.4) is 0 Å². The number of rotatable bonds is 5. The van der Waals surface area contributed by atoms with Crippen LogP contribution in [0.2, 0.25) is 0 Å². The maximum Gasteiger partial charge on any atom is 0.136 e. The Morgan fingerprint density at radius 2 is 1.04 bits per heavy atom. The normalized spacial score (nSPS) is 11.7. The second kappa shape index (κ2) is 11.2. The smallest absolute Gasteiger partial charge is 0.136 e. The summed E-state index contributed by atoms with van der Waals surface area (Å²) >= 11 is 1.85. The molecule has 230 valence electrons. The molecule has 0 aliphatic rings. The highest BCUT2D eigenvalue weighted by molar-refractivity contribution is 7.25. The van der Waals surface area contributed by atoms with Crippen molar-refractivity contribution in [1.29, 1.82) is 0 Å². The third kappa shape index (κ3) is 4.62. The fourth-order valence-corrected chi connectivity index (χ4v) is 8.44. The van der Waals surface area contributed by atoms with E-state index in [9.17, 15) is 0 Å². The largest absolute Gasteiger partial charge is 0.456 e. The zero-order valence-electron chi connectivity index (χ0n) is 26.5.